The Balaban J connectivity index is 1.58. The molecule has 1 fully saturated rings. The molecule has 118 valence electrons. The predicted molar refractivity (Wildman–Crippen MR) is 81.7 cm³/mol. The van der Waals surface area contributed by atoms with E-state index in [1.165, 1.54) is 0 Å². The quantitative estimate of drug-likeness (QED) is 0.731. The lowest BCUT2D eigenvalue weighted by Gasteiger charge is -2.16. The first-order chi connectivity index (χ1) is 11.1. The van der Waals surface area contributed by atoms with E-state index in [1.54, 1.807) is 40.4 Å². The van der Waals surface area contributed by atoms with Crippen LogP contribution >= 0.6 is 0 Å². The predicted octanol–water partition coefficient (Wildman–Crippen LogP) is 0.223. The molecule has 1 aliphatic rings. The van der Waals surface area contributed by atoms with Crippen molar-refractivity contribution in [1.82, 2.24) is 29.4 Å². The molecule has 4 rings (SSSR count). The third kappa shape index (κ3) is 2.27. The summed E-state index contributed by atoms with van der Waals surface area (Å²) in [7, 11) is 1.91. The molecule has 1 amide bonds. The molecule has 0 spiro atoms. The number of carbonyl (C=O) groups excluding carboxylic acids is 1. The van der Waals surface area contributed by atoms with E-state index in [2.05, 4.69) is 15.3 Å². The van der Waals surface area contributed by atoms with Gasteiger partial charge in [-0.25, -0.2) is 9.67 Å². The fraction of sp³-hybridized carbons (Fsp3) is 0.333. The van der Waals surface area contributed by atoms with Crippen molar-refractivity contribution in [2.75, 3.05) is 13.1 Å². The zero-order valence-electron chi connectivity index (χ0n) is 12.6. The minimum absolute atomic E-state index is 0.112. The lowest BCUT2D eigenvalue weighted by atomic mass is 10.2. The number of benzene rings is 1. The third-order valence-corrected chi connectivity index (χ3v) is 4.30. The van der Waals surface area contributed by atoms with Crippen molar-refractivity contribution in [3.63, 3.8) is 0 Å². The van der Waals surface area contributed by atoms with Crippen LogP contribution in [0.2, 0.25) is 0 Å². The molecule has 23 heavy (non-hydrogen) atoms. The average molecular weight is 312 g/mol. The van der Waals surface area contributed by atoms with Crippen LogP contribution in [0.3, 0.4) is 0 Å². The molecule has 3 heterocycles. The topological polar surface area (TPSA) is 89.1 Å². The third-order valence-electron chi connectivity index (χ3n) is 4.30. The van der Waals surface area contributed by atoms with Crippen LogP contribution in [0.4, 0.5) is 0 Å². The van der Waals surface area contributed by atoms with Gasteiger partial charge in [0.25, 0.3) is 5.91 Å². The van der Waals surface area contributed by atoms with Crippen molar-refractivity contribution < 1.29 is 9.90 Å². The largest absolute Gasteiger partial charge is 0.389 e. The smallest absolute Gasteiger partial charge is 0.254 e. The maximum Gasteiger partial charge on any atom is 0.254 e. The van der Waals surface area contributed by atoms with Crippen LogP contribution < -0.4 is 0 Å². The van der Waals surface area contributed by atoms with Crippen LogP contribution in [0, 0.1) is 0 Å². The summed E-state index contributed by atoms with van der Waals surface area (Å²) in [6, 6.07) is 5.20. The molecule has 2 aromatic heterocycles. The van der Waals surface area contributed by atoms with E-state index < -0.39 is 6.10 Å². The highest BCUT2D eigenvalue weighted by Gasteiger charge is 2.36. The summed E-state index contributed by atoms with van der Waals surface area (Å²) in [4.78, 5) is 18.6. The van der Waals surface area contributed by atoms with Gasteiger partial charge in [0.15, 0.2) is 0 Å². The number of hydrogen-bond acceptors (Lipinski definition) is 5. The van der Waals surface area contributed by atoms with Gasteiger partial charge in [0.1, 0.15) is 0 Å². The minimum Gasteiger partial charge on any atom is -0.389 e. The monoisotopic (exact) mass is 312 g/mol. The lowest BCUT2D eigenvalue weighted by Crippen LogP contribution is -2.29. The Hall–Kier alpha value is -2.74. The molecule has 0 bridgehead atoms. The highest BCUT2D eigenvalue weighted by molar-refractivity contribution is 5.97. The molecule has 0 radical (unpaired) electrons. The number of aliphatic hydroxyl groups is 1. The number of aryl methyl sites for hydroxylation is 1. The second kappa shape index (κ2) is 5.17. The molecule has 0 saturated carbocycles. The van der Waals surface area contributed by atoms with Gasteiger partial charge in [-0.05, 0) is 18.2 Å². The first kappa shape index (κ1) is 13.9. The van der Waals surface area contributed by atoms with Gasteiger partial charge in [-0.2, -0.15) is 0 Å². The number of hydrogen-bond donors (Lipinski definition) is 1. The normalized spacial score (nSPS) is 21.2. The van der Waals surface area contributed by atoms with Crippen LogP contribution in [0.1, 0.15) is 16.4 Å². The van der Waals surface area contributed by atoms with Gasteiger partial charge in [-0.1, -0.05) is 5.21 Å². The number of nitrogens with zero attached hydrogens (tertiary/aromatic N) is 6. The molecule has 1 saturated heterocycles. The summed E-state index contributed by atoms with van der Waals surface area (Å²) in [5.41, 5.74) is 2.33. The minimum atomic E-state index is -0.653. The zero-order chi connectivity index (χ0) is 16.0. The number of fused-ring (bicyclic) bond motifs is 1. The van der Waals surface area contributed by atoms with Gasteiger partial charge in [0, 0.05) is 31.9 Å². The summed E-state index contributed by atoms with van der Waals surface area (Å²) < 4.78 is 3.50. The molecule has 1 aliphatic heterocycles. The number of imidazole rings is 1. The van der Waals surface area contributed by atoms with Gasteiger partial charge >= 0.3 is 0 Å². The Labute approximate surface area is 132 Å². The maximum absolute atomic E-state index is 12.7. The Kier molecular flexibility index (Phi) is 3.12. The van der Waals surface area contributed by atoms with E-state index in [0.717, 1.165) is 11.0 Å². The molecule has 2 atom stereocenters. The number of aliphatic hydroxyl groups excluding tert-OH is 1. The van der Waals surface area contributed by atoms with E-state index >= 15 is 0 Å². The Bertz CT molecular complexity index is 856. The molecule has 1 N–H and O–H groups in total. The van der Waals surface area contributed by atoms with Gasteiger partial charge < -0.3 is 14.6 Å². The molecular weight excluding hydrogens is 296 g/mol. The van der Waals surface area contributed by atoms with E-state index in [4.69, 9.17) is 0 Å². The molecule has 3 aromatic rings. The number of rotatable bonds is 2. The fourth-order valence-electron chi connectivity index (χ4n) is 3.04. The second-order valence-corrected chi connectivity index (χ2v) is 5.79. The Morgan fingerprint density at radius 1 is 1.35 bits per heavy atom. The number of β-amino-alcohol motifs (C(OH)–C–C–N with tert-alkyl or cyclic N) is 1. The maximum atomic E-state index is 12.7. The second-order valence-electron chi connectivity index (χ2n) is 5.79. The summed E-state index contributed by atoms with van der Waals surface area (Å²) in [5, 5.41) is 17.9. The molecule has 8 nitrogen and oxygen atoms in total. The SMILES string of the molecule is Cn1cnc2cc(C(=O)N3C[C@@H](O)[C@H](n4ccnn4)C3)ccc21. The Morgan fingerprint density at radius 3 is 3.00 bits per heavy atom. The van der Waals surface area contributed by atoms with E-state index in [-0.39, 0.29) is 18.5 Å². The number of amides is 1. The lowest BCUT2D eigenvalue weighted by molar-refractivity contribution is 0.0764. The highest BCUT2D eigenvalue weighted by Crippen LogP contribution is 2.24. The summed E-state index contributed by atoms with van der Waals surface area (Å²) in [6.45, 7) is 0.688. The standard InChI is InChI=1S/C15H16N6O2/c1-19-9-16-11-6-10(2-3-12(11)19)15(23)20-7-13(14(22)8-20)21-5-4-17-18-21/h2-6,9,13-14,22H,7-8H2,1H3/t13-,14-/m1/s1. The van der Waals surface area contributed by atoms with Crippen LogP contribution in [0.5, 0.6) is 0 Å². The highest BCUT2D eigenvalue weighted by atomic mass is 16.3. The van der Waals surface area contributed by atoms with Gasteiger partial charge in [-0.15, -0.1) is 5.10 Å². The van der Waals surface area contributed by atoms with Crippen molar-refractivity contribution >= 4 is 16.9 Å². The molecule has 0 aliphatic carbocycles. The van der Waals surface area contributed by atoms with Crippen LogP contribution in [-0.4, -0.2) is 59.7 Å². The van der Waals surface area contributed by atoms with E-state index in [0.29, 0.717) is 12.1 Å². The van der Waals surface area contributed by atoms with Crippen molar-refractivity contribution in [3.8, 4) is 0 Å². The number of aromatic nitrogens is 5. The van der Waals surface area contributed by atoms with Gasteiger partial charge in [-0.3, -0.25) is 4.79 Å². The molecular formula is C15H16N6O2. The number of likely N-dealkylation sites (tertiary alicyclic amines) is 1. The summed E-state index contributed by atoms with van der Waals surface area (Å²) in [6.07, 6.45) is 4.33. The molecule has 1 aromatic carbocycles. The first-order valence-electron chi connectivity index (χ1n) is 7.38. The van der Waals surface area contributed by atoms with E-state index in [1.807, 2.05) is 17.7 Å². The van der Waals surface area contributed by atoms with Crippen molar-refractivity contribution in [1.29, 1.82) is 0 Å². The van der Waals surface area contributed by atoms with Crippen molar-refractivity contribution in [2.45, 2.75) is 12.1 Å². The van der Waals surface area contributed by atoms with Crippen molar-refractivity contribution in [3.05, 3.63) is 42.5 Å². The van der Waals surface area contributed by atoms with Crippen LogP contribution in [-0.2, 0) is 7.05 Å². The van der Waals surface area contributed by atoms with Crippen LogP contribution in [0.15, 0.2) is 36.9 Å². The van der Waals surface area contributed by atoms with Crippen LogP contribution in [0.25, 0.3) is 11.0 Å². The van der Waals surface area contributed by atoms with E-state index in [9.17, 15) is 9.90 Å². The molecule has 8 heteroatoms. The zero-order valence-corrected chi connectivity index (χ0v) is 12.6. The molecule has 0 unspecified atom stereocenters. The number of carbonyl (C=O) groups is 1. The summed E-state index contributed by atoms with van der Waals surface area (Å²) in [5.74, 6) is -0.112. The fourth-order valence-corrected chi connectivity index (χ4v) is 3.04. The van der Waals surface area contributed by atoms with Gasteiger partial charge in [0.2, 0.25) is 0 Å². The van der Waals surface area contributed by atoms with Crippen molar-refractivity contribution in [2.24, 2.45) is 7.05 Å². The average Bonchev–Trinajstić information content (AvgIpc) is 3.27. The van der Waals surface area contributed by atoms with Gasteiger partial charge in [0.05, 0.1) is 35.7 Å². The first-order valence-corrected chi connectivity index (χ1v) is 7.38. The summed E-state index contributed by atoms with van der Waals surface area (Å²) >= 11 is 0. The Morgan fingerprint density at radius 2 is 2.22 bits per heavy atom.